The van der Waals surface area contributed by atoms with Crippen molar-refractivity contribution in [1.82, 2.24) is 30.0 Å². The van der Waals surface area contributed by atoms with Crippen molar-refractivity contribution >= 4 is 12.4 Å². The fraction of sp³-hybridized carbons (Fsp3) is 0. The molecule has 0 aliphatic heterocycles. The van der Waals surface area contributed by atoms with Gasteiger partial charge in [-0.3, -0.25) is 0 Å². The summed E-state index contributed by atoms with van der Waals surface area (Å²) in [6.07, 6.45) is 0. The van der Waals surface area contributed by atoms with E-state index in [4.69, 9.17) is 20.4 Å². The van der Waals surface area contributed by atoms with E-state index in [-0.39, 0.29) is 37.2 Å². The van der Waals surface area contributed by atoms with Crippen LogP contribution in [0, 0.1) is 0 Å². The Balaban J connectivity index is 0.00000156. The van der Waals surface area contributed by atoms with Gasteiger partial charge in [-0.1, -0.05) is 72.8 Å². The van der Waals surface area contributed by atoms with E-state index >= 15 is 0 Å². The van der Waals surface area contributed by atoms with Crippen molar-refractivity contribution in [3.63, 3.8) is 0 Å². The van der Waals surface area contributed by atoms with Crippen LogP contribution in [0.4, 0.5) is 0 Å². The summed E-state index contributed by atoms with van der Waals surface area (Å²) in [5.41, 5.74) is 7.74. The molecule has 0 amide bonds. The summed E-state index contributed by atoms with van der Waals surface area (Å²) in [6.45, 7) is 0. The molecule has 0 saturated carbocycles. The lowest BCUT2D eigenvalue weighted by atomic mass is 10.1. The van der Waals surface area contributed by atoms with E-state index in [0.29, 0.717) is 11.6 Å². The Morgan fingerprint density at radius 2 is 0.653 bits per heavy atom. The third-order valence-corrected chi connectivity index (χ3v) is 7.68. The first kappa shape index (κ1) is 34.7. The Bertz CT molecular complexity index is 2060. The molecular formula is C38H29Cl3N8. The summed E-state index contributed by atoms with van der Waals surface area (Å²) in [5, 5.41) is 19.5. The number of hydrogen-bond donors (Lipinski definition) is 0. The number of halogens is 3. The van der Waals surface area contributed by atoms with Crippen molar-refractivity contribution in [2.24, 2.45) is 0 Å². The summed E-state index contributed by atoms with van der Waals surface area (Å²) >= 11 is 0. The molecule has 0 atom stereocenters. The molecule has 11 heteroatoms. The highest BCUT2D eigenvalue weighted by Gasteiger charge is 2.25. The molecule has 0 fully saturated rings. The first-order chi connectivity index (χ1) is 22.8. The topological polar surface area (TPSA) is 69.2 Å². The molecule has 0 saturated heterocycles. The Morgan fingerprint density at radius 1 is 0.347 bits per heavy atom. The lowest BCUT2D eigenvalue weighted by Crippen LogP contribution is -3.00. The standard InChI is InChI=1S/C38H28N8.3ClH/c1-5-13-31(14-6-1)37-39-43(33-17-9-3-10-18-33)45(41-37)35-25-21-29(22-26-35)30-23-27-36(28-24-30)46-42-38(32-15-7-2-8-16-32)40-44(46)34-19-11-4-12-20-34;;;/h1-28H;3*1H/q+2;;;/p-2. The third kappa shape index (κ3) is 7.12. The molecule has 0 unspecified atom stereocenters. The molecule has 2 aromatic heterocycles. The van der Waals surface area contributed by atoms with Crippen LogP contribution in [0.5, 0.6) is 0 Å². The van der Waals surface area contributed by atoms with Gasteiger partial charge in [-0.25, -0.2) is 0 Å². The highest BCUT2D eigenvalue weighted by atomic mass is 35.5. The first-order valence-corrected chi connectivity index (χ1v) is 15.0. The van der Waals surface area contributed by atoms with Crippen molar-refractivity contribution in [2.45, 2.75) is 0 Å². The molecule has 8 rings (SSSR count). The molecule has 0 N–H and O–H groups in total. The minimum absolute atomic E-state index is 0. The molecule has 2 heterocycles. The van der Waals surface area contributed by atoms with Gasteiger partial charge in [0.2, 0.25) is 0 Å². The van der Waals surface area contributed by atoms with Gasteiger partial charge in [0.15, 0.2) is 11.4 Å². The fourth-order valence-electron chi connectivity index (χ4n) is 5.34. The van der Waals surface area contributed by atoms with Crippen molar-refractivity contribution in [2.75, 3.05) is 0 Å². The number of aromatic nitrogens is 8. The highest BCUT2D eigenvalue weighted by molar-refractivity contribution is 5.85. The second-order valence-electron chi connectivity index (χ2n) is 10.7. The van der Waals surface area contributed by atoms with E-state index in [0.717, 1.165) is 45.0 Å². The number of nitrogens with zero attached hydrogens (tertiary/aromatic N) is 8. The van der Waals surface area contributed by atoms with E-state index in [9.17, 15) is 0 Å². The predicted octanol–water partition coefficient (Wildman–Crippen LogP) is 0.832. The van der Waals surface area contributed by atoms with Gasteiger partial charge in [0.1, 0.15) is 11.4 Å². The van der Waals surface area contributed by atoms with Crippen LogP contribution in [-0.2, 0) is 0 Å². The molecule has 49 heavy (non-hydrogen) atoms. The summed E-state index contributed by atoms with van der Waals surface area (Å²) < 4.78 is 0. The maximum Gasteiger partial charge on any atom is 0.340 e. The Hall–Kier alpha value is -5.67. The van der Waals surface area contributed by atoms with Crippen LogP contribution in [0.2, 0.25) is 0 Å². The molecule has 0 spiro atoms. The molecular weight excluding hydrogens is 675 g/mol. The fourth-order valence-corrected chi connectivity index (χ4v) is 5.34. The van der Waals surface area contributed by atoms with Crippen molar-refractivity contribution in [1.29, 1.82) is 0 Å². The Kier molecular flexibility index (Phi) is 11.0. The van der Waals surface area contributed by atoms with Crippen LogP contribution in [0.3, 0.4) is 0 Å². The van der Waals surface area contributed by atoms with Gasteiger partial charge in [-0.05, 0) is 128 Å². The molecule has 242 valence electrons. The van der Waals surface area contributed by atoms with Gasteiger partial charge in [0.25, 0.3) is 0 Å². The molecule has 0 aliphatic carbocycles. The smallest absolute Gasteiger partial charge is 0.340 e. The predicted molar refractivity (Wildman–Crippen MR) is 183 cm³/mol. The number of benzene rings is 6. The summed E-state index contributed by atoms with van der Waals surface area (Å²) in [6, 6.07) is 56.8. The minimum Gasteiger partial charge on any atom is -1.00 e. The lowest BCUT2D eigenvalue weighted by Gasteiger charge is -2.04. The van der Waals surface area contributed by atoms with Crippen LogP contribution in [0.15, 0.2) is 170 Å². The summed E-state index contributed by atoms with van der Waals surface area (Å²) in [5.74, 6) is 1.31. The van der Waals surface area contributed by atoms with Crippen LogP contribution in [-0.4, -0.2) is 30.0 Å². The monoisotopic (exact) mass is 702 g/mol. The molecule has 0 aliphatic rings. The normalized spacial score (nSPS) is 10.4. The Morgan fingerprint density at radius 3 is 0.980 bits per heavy atom. The number of hydrogen-bond acceptors (Lipinski definition) is 4. The molecule has 0 bridgehead atoms. The third-order valence-electron chi connectivity index (χ3n) is 7.68. The zero-order chi connectivity index (χ0) is 30.7. The SMILES string of the molecule is Cl.[Cl-].[Cl-].c1ccc(-c2nn(-c3ccccc3)[n+](-c3ccc(-c4ccc(-[n+]5nc(-c6ccccc6)nn5-c5ccccc5)cc4)cc3)n2)cc1. The zero-order valence-corrected chi connectivity index (χ0v) is 28.2. The molecule has 8 aromatic rings. The van der Waals surface area contributed by atoms with E-state index in [1.54, 1.807) is 0 Å². The maximum absolute atomic E-state index is 4.88. The van der Waals surface area contributed by atoms with Crippen molar-refractivity contribution in [3.05, 3.63) is 170 Å². The number of tetrazole rings is 2. The van der Waals surface area contributed by atoms with Crippen LogP contribution < -0.4 is 34.4 Å². The maximum atomic E-state index is 4.88. The Labute approximate surface area is 302 Å². The zero-order valence-electron chi connectivity index (χ0n) is 25.9. The summed E-state index contributed by atoms with van der Waals surface area (Å²) in [7, 11) is 0. The summed E-state index contributed by atoms with van der Waals surface area (Å²) in [4.78, 5) is 7.33. The second-order valence-corrected chi connectivity index (χ2v) is 10.7. The average Bonchev–Trinajstić information content (AvgIpc) is 3.80. The highest BCUT2D eigenvalue weighted by Crippen LogP contribution is 2.22. The van der Waals surface area contributed by atoms with Gasteiger partial charge < -0.3 is 24.8 Å². The average molecular weight is 704 g/mol. The number of rotatable bonds is 7. The molecule has 6 aromatic carbocycles. The quantitative estimate of drug-likeness (QED) is 0.231. The largest absolute Gasteiger partial charge is 1.00 e. The van der Waals surface area contributed by atoms with Gasteiger partial charge in [0.05, 0.1) is 21.3 Å². The van der Waals surface area contributed by atoms with Crippen molar-refractivity contribution < 1.29 is 34.4 Å². The first-order valence-electron chi connectivity index (χ1n) is 15.0. The van der Waals surface area contributed by atoms with Crippen LogP contribution in [0.1, 0.15) is 0 Å². The molecule has 8 nitrogen and oxygen atoms in total. The van der Waals surface area contributed by atoms with Crippen LogP contribution >= 0.6 is 12.4 Å². The number of para-hydroxylation sites is 2. The van der Waals surface area contributed by atoms with Crippen LogP contribution in [0.25, 0.3) is 56.7 Å². The van der Waals surface area contributed by atoms with E-state index in [1.165, 1.54) is 0 Å². The van der Waals surface area contributed by atoms with Gasteiger partial charge in [-0.15, -0.1) is 12.4 Å². The minimum atomic E-state index is 0. The lowest BCUT2D eigenvalue weighted by molar-refractivity contribution is -0.734. The van der Waals surface area contributed by atoms with Gasteiger partial charge in [-0.2, -0.15) is 0 Å². The van der Waals surface area contributed by atoms with E-state index in [2.05, 4.69) is 48.5 Å². The van der Waals surface area contributed by atoms with Crippen molar-refractivity contribution in [3.8, 4) is 56.7 Å². The van der Waals surface area contributed by atoms with Gasteiger partial charge >= 0.3 is 11.6 Å². The van der Waals surface area contributed by atoms with E-state index in [1.807, 2.05) is 141 Å². The molecule has 0 radical (unpaired) electrons. The van der Waals surface area contributed by atoms with Gasteiger partial charge in [0, 0.05) is 9.59 Å². The second kappa shape index (κ2) is 15.5. The van der Waals surface area contributed by atoms with E-state index < -0.39 is 0 Å².